The van der Waals surface area contributed by atoms with Gasteiger partial charge in [-0.1, -0.05) is 43.2 Å². The van der Waals surface area contributed by atoms with Crippen LogP contribution in [-0.2, 0) is 22.9 Å². The van der Waals surface area contributed by atoms with Gasteiger partial charge in [-0.3, -0.25) is 19.8 Å². The summed E-state index contributed by atoms with van der Waals surface area (Å²) >= 11 is 6.23. The third-order valence-electron chi connectivity index (χ3n) is 11.6. The van der Waals surface area contributed by atoms with Gasteiger partial charge >= 0.3 is 0 Å². The fraction of sp³-hybridized carbons (Fsp3) is 0.349. The largest absolute Gasteiger partial charge is 0.455 e. The number of sulfonamides is 1. The van der Waals surface area contributed by atoms with Crippen molar-refractivity contribution in [3.05, 3.63) is 122 Å². The number of H-pyrrole nitrogens is 1. The van der Waals surface area contributed by atoms with E-state index in [1.807, 2.05) is 18.2 Å². The lowest BCUT2D eigenvalue weighted by Crippen LogP contribution is -2.47. The molecule has 2 aliphatic carbocycles. The average Bonchev–Trinajstić information content (AvgIpc) is 3.85. The van der Waals surface area contributed by atoms with E-state index >= 15 is 0 Å². The van der Waals surface area contributed by atoms with Crippen LogP contribution in [0.25, 0.3) is 16.6 Å². The molecule has 1 fully saturated rings. The van der Waals surface area contributed by atoms with Crippen molar-refractivity contribution in [2.45, 2.75) is 50.8 Å². The van der Waals surface area contributed by atoms with E-state index in [0.717, 1.165) is 74.1 Å². The van der Waals surface area contributed by atoms with Crippen molar-refractivity contribution in [1.82, 2.24) is 19.6 Å². The molecule has 0 unspecified atom stereocenters. The molecule has 302 valence electrons. The van der Waals surface area contributed by atoms with Crippen LogP contribution < -0.4 is 14.4 Å². The number of benzene rings is 3. The van der Waals surface area contributed by atoms with Gasteiger partial charge in [-0.25, -0.2) is 18.1 Å². The third kappa shape index (κ3) is 8.33. The van der Waals surface area contributed by atoms with Crippen LogP contribution in [0.3, 0.4) is 0 Å². The molecule has 1 atom stereocenters. The molecule has 3 heterocycles. The zero-order valence-corrected chi connectivity index (χ0v) is 33.9. The van der Waals surface area contributed by atoms with E-state index in [4.69, 9.17) is 16.3 Å². The molecular weight excluding hydrogens is 780 g/mol. The first-order chi connectivity index (χ1) is 27.7. The number of hydrogen-bond acceptors (Lipinski definition) is 10. The lowest BCUT2D eigenvalue weighted by atomic mass is 9.72. The van der Waals surface area contributed by atoms with Crippen LogP contribution in [0.4, 0.5) is 11.4 Å². The lowest BCUT2D eigenvalue weighted by molar-refractivity contribution is -0.385. The average molecular weight is 825 g/mol. The molecule has 58 heavy (non-hydrogen) atoms. The monoisotopic (exact) mass is 824 g/mol. The predicted octanol–water partition coefficient (Wildman–Crippen LogP) is 7.53. The minimum Gasteiger partial charge on any atom is -0.455 e. The summed E-state index contributed by atoms with van der Waals surface area (Å²) in [4.78, 5) is 36.9. The summed E-state index contributed by atoms with van der Waals surface area (Å²) in [6.07, 6.45) is 7.02. The third-order valence-corrected chi connectivity index (χ3v) is 13.2. The second-order valence-electron chi connectivity index (χ2n) is 16.3. The number of fused-ring (bicyclic) bond motifs is 2. The molecule has 0 bridgehead atoms. The molecule has 2 aromatic heterocycles. The smallest absolute Gasteiger partial charge is 0.274 e. The highest BCUT2D eigenvalue weighted by Crippen LogP contribution is 2.44. The van der Waals surface area contributed by atoms with Crippen LogP contribution in [-0.4, -0.2) is 78.6 Å². The predicted molar refractivity (Wildman–Crippen MR) is 223 cm³/mol. The Kier molecular flexibility index (Phi) is 10.8. The highest BCUT2D eigenvalue weighted by atomic mass is 35.5. The number of nitro groups is 1. The van der Waals surface area contributed by atoms with Gasteiger partial charge in [0.2, 0.25) is 0 Å². The minimum atomic E-state index is -4.56. The second-order valence-corrected chi connectivity index (χ2v) is 18.4. The number of aromatic nitrogens is 2. The minimum absolute atomic E-state index is 0.0435. The summed E-state index contributed by atoms with van der Waals surface area (Å²) in [5, 5.41) is 23.1. The number of ether oxygens (including phenoxy) is 1. The number of nitrogens with zero attached hydrogens (tertiary/aromatic N) is 4. The number of carbonyl (C=O) groups excluding carboxylic acids is 1. The van der Waals surface area contributed by atoms with E-state index in [-0.39, 0.29) is 47.8 Å². The molecule has 3 N–H and O–H groups in total. The number of allylic oxidation sites excluding steroid dienone is 1. The number of halogens is 1. The molecule has 1 saturated heterocycles. The Labute approximate surface area is 341 Å². The number of anilines is 1. The van der Waals surface area contributed by atoms with Crippen molar-refractivity contribution in [3.63, 3.8) is 0 Å². The summed E-state index contributed by atoms with van der Waals surface area (Å²) in [6, 6.07) is 19.1. The topological polar surface area (TPSA) is 171 Å². The van der Waals surface area contributed by atoms with Gasteiger partial charge in [0.25, 0.3) is 21.6 Å². The van der Waals surface area contributed by atoms with Crippen LogP contribution in [0.5, 0.6) is 11.5 Å². The van der Waals surface area contributed by atoms with Crippen LogP contribution >= 0.6 is 11.6 Å². The Balaban J connectivity index is 1.03. The number of rotatable bonds is 11. The summed E-state index contributed by atoms with van der Waals surface area (Å²) in [7, 11) is -4.56. The SMILES string of the molecule is CC1(C)CCC(CN2CCN(c3ccc(C(=O)NS(=O)(=O)c4cc5c(c([N+](=O)[O-])c4)C[C@@H](CO)C5)c(Oc4cnc5[nH]ccc5c4)c3)CC2)=C(c2ccc(Cl)cc2)C1. The van der Waals surface area contributed by atoms with E-state index in [2.05, 4.69) is 50.5 Å². The molecule has 0 radical (unpaired) electrons. The number of piperazine rings is 1. The van der Waals surface area contributed by atoms with E-state index in [1.54, 1.807) is 24.4 Å². The summed E-state index contributed by atoms with van der Waals surface area (Å²) in [6.45, 7) is 8.43. The second kappa shape index (κ2) is 15.8. The van der Waals surface area contributed by atoms with Gasteiger partial charge in [0.1, 0.15) is 17.1 Å². The maximum Gasteiger partial charge on any atom is 0.274 e. The van der Waals surface area contributed by atoms with Gasteiger partial charge in [-0.2, -0.15) is 0 Å². The number of pyridine rings is 1. The number of aromatic amines is 1. The van der Waals surface area contributed by atoms with Gasteiger partial charge in [-0.05, 0) is 103 Å². The Morgan fingerprint density at radius 3 is 2.59 bits per heavy atom. The molecule has 5 aromatic rings. The maximum absolute atomic E-state index is 13.9. The van der Waals surface area contributed by atoms with E-state index in [0.29, 0.717) is 22.5 Å². The van der Waals surface area contributed by atoms with Crippen LogP contribution in [0.15, 0.2) is 89.6 Å². The highest BCUT2D eigenvalue weighted by molar-refractivity contribution is 7.90. The number of nitro benzene ring substituents is 1. The van der Waals surface area contributed by atoms with Crippen LogP contribution in [0, 0.1) is 21.4 Å². The first-order valence-corrected chi connectivity index (χ1v) is 21.3. The van der Waals surface area contributed by atoms with Crippen molar-refractivity contribution >= 4 is 55.5 Å². The molecule has 13 nitrogen and oxygen atoms in total. The van der Waals surface area contributed by atoms with Crippen molar-refractivity contribution in [1.29, 1.82) is 0 Å². The van der Waals surface area contributed by atoms with Gasteiger partial charge in [0.05, 0.1) is 21.6 Å². The van der Waals surface area contributed by atoms with E-state index < -0.39 is 25.7 Å². The first-order valence-electron chi connectivity index (χ1n) is 19.4. The Morgan fingerprint density at radius 1 is 1.07 bits per heavy atom. The molecule has 0 saturated carbocycles. The van der Waals surface area contributed by atoms with E-state index in [9.17, 15) is 28.4 Å². The number of amides is 1. The van der Waals surface area contributed by atoms with Crippen molar-refractivity contribution in [3.8, 4) is 11.5 Å². The van der Waals surface area contributed by atoms with Crippen molar-refractivity contribution < 1.29 is 28.0 Å². The maximum atomic E-state index is 13.9. The number of hydrogen-bond donors (Lipinski definition) is 3. The van der Waals surface area contributed by atoms with Gasteiger partial charge < -0.3 is 19.7 Å². The van der Waals surface area contributed by atoms with Crippen molar-refractivity contribution in [2.75, 3.05) is 44.2 Å². The molecule has 0 spiro atoms. The highest BCUT2D eigenvalue weighted by Gasteiger charge is 2.33. The van der Waals surface area contributed by atoms with Crippen LogP contribution in [0.1, 0.15) is 60.2 Å². The van der Waals surface area contributed by atoms with Crippen molar-refractivity contribution in [2.24, 2.45) is 11.3 Å². The number of aliphatic hydroxyl groups excluding tert-OH is 1. The van der Waals surface area contributed by atoms with Crippen LogP contribution in [0.2, 0.25) is 5.02 Å². The Hall–Kier alpha value is -5.28. The first kappa shape index (κ1) is 39.5. The van der Waals surface area contributed by atoms with E-state index in [1.165, 1.54) is 35.0 Å². The number of carbonyl (C=O) groups is 1. The Morgan fingerprint density at radius 2 is 1.84 bits per heavy atom. The molecular formula is C43H45ClN6O7S. The zero-order chi connectivity index (χ0) is 40.8. The molecule has 8 rings (SSSR count). The molecule has 3 aromatic carbocycles. The Bertz CT molecular complexity index is 2550. The van der Waals surface area contributed by atoms with Gasteiger partial charge in [-0.15, -0.1) is 0 Å². The normalized spacial score (nSPS) is 18.3. The summed E-state index contributed by atoms with van der Waals surface area (Å²) in [5.41, 5.74) is 6.24. The zero-order valence-electron chi connectivity index (χ0n) is 32.3. The molecule has 1 aliphatic heterocycles. The molecule has 1 amide bonds. The standard InChI is InChI=1S/C43H45ClN6O7S/c1-43(2)11-9-30(38(23-43)28-3-5-32(44)6-4-28)25-48-13-15-49(16-14-48)33-7-8-36(40(21-33)57-34-19-29-10-12-45-41(29)46-24-34)42(52)47-58(55,56)35-20-31-17-27(26-51)18-37(31)39(22-35)50(53)54/h3-8,10,12,19-22,24,27,51H,9,11,13-18,23,25-26H2,1-2H3,(H,45,46)(H,47,52)/t27-/m0/s1. The fourth-order valence-electron chi connectivity index (χ4n) is 8.44. The van der Waals surface area contributed by atoms with Gasteiger partial charge in [0, 0.05) is 79.3 Å². The summed E-state index contributed by atoms with van der Waals surface area (Å²) in [5.74, 6) is -0.743. The summed E-state index contributed by atoms with van der Waals surface area (Å²) < 4.78 is 35.8. The lowest BCUT2D eigenvalue weighted by Gasteiger charge is -2.39. The molecule has 15 heteroatoms. The quantitative estimate of drug-likeness (QED) is 0.0894. The number of aliphatic hydroxyl groups is 1. The fourth-order valence-corrected chi connectivity index (χ4v) is 9.60. The number of nitrogens with one attached hydrogen (secondary N) is 2. The van der Waals surface area contributed by atoms with Gasteiger partial charge in [0.15, 0.2) is 0 Å². The molecule has 3 aliphatic rings.